The van der Waals surface area contributed by atoms with Crippen molar-refractivity contribution in [2.24, 2.45) is 0 Å². The van der Waals surface area contributed by atoms with E-state index in [1.54, 1.807) is 24.4 Å². The number of aromatic amines is 1. The van der Waals surface area contributed by atoms with Gasteiger partial charge in [0.15, 0.2) is 0 Å². The van der Waals surface area contributed by atoms with Crippen LogP contribution in [0.25, 0.3) is 0 Å². The number of hydrogen-bond acceptors (Lipinski definition) is 5. The molecule has 0 amide bonds. The molecule has 0 fully saturated rings. The number of thiazole rings is 1. The SMILES string of the molecule is Cc1ccc(C(C)NCc2csc(=O)[nH]2)cc1[N+](=O)[O-]. The van der Waals surface area contributed by atoms with E-state index >= 15 is 0 Å². The zero-order valence-corrected chi connectivity index (χ0v) is 12.0. The van der Waals surface area contributed by atoms with E-state index in [4.69, 9.17) is 0 Å². The molecular weight excluding hydrogens is 278 g/mol. The Bertz CT molecular complexity index is 677. The second-order valence-corrected chi connectivity index (χ2v) is 5.42. The molecule has 0 radical (unpaired) electrons. The van der Waals surface area contributed by atoms with Crippen LogP contribution in [0, 0.1) is 17.0 Å². The lowest BCUT2D eigenvalue weighted by Crippen LogP contribution is -2.19. The number of benzene rings is 1. The first kappa shape index (κ1) is 14.4. The normalized spacial score (nSPS) is 12.3. The summed E-state index contributed by atoms with van der Waals surface area (Å²) in [6.45, 7) is 4.16. The predicted molar refractivity (Wildman–Crippen MR) is 78.0 cm³/mol. The fraction of sp³-hybridized carbons (Fsp3) is 0.308. The van der Waals surface area contributed by atoms with Gasteiger partial charge in [-0.1, -0.05) is 23.5 Å². The van der Waals surface area contributed by atoms with Gasteiger partial charge in [0, 0.05) is 35.3 Å². The summed E-state index contributed by atoms with van der Waals surface area (Å²) < 4.78 is 0. The summed E-state index contributed by atoms with van der Waals surface area (Å²) in [5, 5.41) is 15.9. The number of hydrogen-bond donors (Lipinski definition) is 2. The summed E-state index contributed by atoms with van der Waals surface area (Å²) in [6.07, 6.45) is 0. The Hall–Kier alpha value is -1.99. The molecule has 0 saturated heterocycles. The molecule has 2 N–H and O–H groups in total. The standard InChI is InChI=1S/C13H15N3O3S/c1-8-3-4-10(5-12(8)16(18)19)9(2)14-6-11-7-20-13(17)15-11/h3-5,7,9,14H,6H2,1-2H3,(H,15,17). The minimum Gasteiger partial charge on any atom is -0.315 e. The molecule has 1 heterocycles. The highest BCUT2D eigenvalue weighted by molar-refractivity contribution is 7.07. The molecule has 6 nitrogen and oxygen atoms in total. The van der Waals surface area contributed by atoms with Crippen LogP contribution in [-0.4, -0.2) is 9.91 Å². The molecule has 20 heavy (non-hydrogen) atoms. The number of nitrogens with zero attached hydrogens (tertiary/aromatic N) is 1. The van der Waals surface area contributed by atoms with Crippen LogP contribution in [0.4, 0.5) is 5.69 Å². The average Bonchev–Trinajstić information content (AvgIpc) is 2.82. The Morgan fingerprint density at radius 2 is 2.25 bits per heavy atom. The number of nitro benzene ring substituents is 1. The quantitative estimate of drug-likeness (QED) is 0.655. The van der Waals surface area contributed by atoms with Gasteiger partial charge in [0.25, 0.3) is 5.69 Å². The van der Waals surface area contributed by atoms with Crippen molar-refractivity contribution in [3.05, 3.63) is 60.2 Å². The Kier molecular flexibility index (Phi) is 4.31. The fourth-order valence-electron chi connectivity index (χ4n) is 1.87. The van der Waals surface area contributed by atoms with E-state index < -0.39 is 0 Å². The van der Waals surface area contributed by atoms with Gasteiger partial charge in [0.1, 0.15) is 0 Å². The largest absolute Gasteiger partial charge is 0.315 e. The van der Waals surface area contributed by atoms with Crippen molar-refractivity contribution in [3.63, 3.8) is 0 Å². The summed E-state index contributed by atoms with van der Waals surface area (Å²) in [6, 6.07) is 5.16. The second-order valence-electron chi connectivity index (χ2n) is 4.58. The Balaban J connectivity index is 2.09. The first-order valence-electron chi connectivity index (χ1n) is 6.12. The molecule has 0 aliphatic heterocycles. The van der Waals surface area contributed by atoms with E-state index in [0.29, 0.717) is 12.1 Å². The lowest BCUT2D eigenvalue weighted by atomic mass is 10.0. The molecule has 2 aromatic rings. The summed E-state index contributed by atoms with van der Waals surface area (Å²) >= 11 is 1.12. The molecule has 7 heteroatoms. The third-order valence-electron chi connectivity index (χ3n) is 3.10. The number of aromatic nitrogens is 1. The summed E-state index contributed by atoms with van der Waals surface area (Å²) in [5.74, 6) is 0. The smallest absolute Gasteiger partial charge is 0.304 e. The average molecular weight is 293 g/mol. The summed E-state index contributed by atoms with van der Waals surface area (Å²) in [7, 11) is 0. The highest BCUT2D eigenvalue weighted by atomic mass is 32.1. The zero-order chi connectivity index (χ0) is 14.7. The minimum absolute atomic E-state index is 0.0438. The van der Waals surface area contributed by atoms with E-state index in [0.717, 1.165) is 22.6 Å². The van der Waals surface area contributed by atoms with Crippen LogP contribution >= 0.6 is 11.3 Å². The van der Waals surface area contributed by atoms with Crippen molar-refractivity contribution in [2.45, 2.75) is 26.4 Å². The molecule has 1 atom stereocenters. The van der Waals surface area contributed by atoms with Crippen LogP contribution in [0.1, 0.15) is 29.8 Å². The highest BCUT2D eigenvalue weighted by Gasteiger charge is 2.14. The molecule has 0 aliphatic rings. The molecule has 1 aromatic heterocycles. The molecule has 1 unspecified atom stereocenters. The van der Waals surface area contributed by atoms with Crippen molar-refractivity contribution < 1.29 is 4.92 Å². The van der Waals surface area contributed by atoms with Gasteiger partial charge in [-0.05, 0) is 19.4 Å². The van der Waals surface area contributed by atoms with E-state index in [1.807, 2.05) is 13.0 Å². The molecule has 0 aliphatic carbocycles. The zero-order valence-electron chi connectivity index (χ0n) is 11.2. The van der Waals surface area contributed by atoms with Crippen LogP contribution in [0.2, 0.25) is 0 Å². The molecule has 2 rings (SSSR count). The number of rotatable bonds is 5. The van der Waals surface area contributed by atoms with E-state index in [1.165, 1.54) is 0 Å². The van der Waals surface area contributed by atoms with Crippen LogP contribution < -0.4 is 10.2 Å². The van der Waals surface area contributed by atoms with Crippen LogP contribution in [0.15, 0.2) is 28.4 Å². The van der Waals surface area contributed by atoms with Gasteiger partial charge in [-0.25, -0.2) is 0 Å². The molecular formula is C13H15N3O3S. The Labute approximate surface area is 119 Å². The van der Waals surface area contributed by atoms with E-state index in [-0.39, 0.29) is 21.5 Å². The van der Waals surface area contributed by atoms with E-state index in [9.17, 15) is 14.9 Å². The number of nitro groups is 1. The van der Waals surface area contributed by atoms with Crippen LogP contribution in [-0.2, 0) is 6.54 Å². The molecule has 106 valence electrons. The van der Waals surface area contributed by atoms with Gasteiger partial charge in [0.05, 0.1) is 4.92 Å². The van der Waals surface area contributed by atoms with Crippen molar-refractivity contribution in [2.75, 3.05) is 0 Å². The van der Waals surface area contributed by atoms with Crippen molar-refractivity contribution >= 4 is 17.0 Å². The van der Waals surface area contributed by atoms with Gasteiger partial charge in [-0.2, -0.15) is 0 Å². The van der Waals surface area contributed by atoms with Crippen LogP contribution in [0.5, 0.6) is 0 Å². The summed E-state index contributed by atoms with van der Waals surface area (Å²) in [4.78, 5) is 24.2. The maximum Gasteiger partial charge on any atom is 0.304 e. The van der Waals surface area contributed by atoms with Crippen molar-refractivity contribution in [1.29, 1.82) is 0 Å². The van der Waals surface area contributed by atoms with E-state index in [2.05, 4.69) is 10.3 Å². The molecule has 0 spiro atoms. The Morgan fingerprint density at radius 3 is 2.85 bits per heavy atom. The van der Waals surface area contributed by atoms with Crippen LogP contribution in [0.3, 0.4) is 0 Å². The second kappa shape index (κ2) is 5.98. The maximum absolute atomic E-state index is 11.0. The van der Waals surface area contributed by atoms with Gasteiger partial charge in [0.2, 0.25) is 0 Å². The van der Waals surface area contributed by atoms with Gasteiger partial charge >= 0.3 is 4.87 Å². The molecule has 1 aromatic carbocycles. The van der Waals surface area contributed by atoms with Crippen molar-refractivity contribution in [1.82, 2.24) is 10.3 Å². The van der Waals surface area contributed by atoms with Gasteiger partial charge in [-0.3, -0.25) is 14.9 Å². The highest BCUT2D eigenvalue weighted by Crippen LogP contribution is 2.23. The number of H-pyrrole nitrogens is 1. The summed E-state index contributed by atoms with van der Waals surface area (Å²) in [5.41, 5.74) is 2.43. The monoisotopic (exact) mass is 293 g/mol. The fourth-order valence-corrected chi connectivity index (χ4v) is 2.46. The maximum atomic E-state index is 11.0. The minimum atomic E-state index is -0.373. The van der Waals surface area contributed by atoms with Gasteiger partial charge in [-0.15, -0.1) is 0 Å². The molecule has 0 saturated carbocycles. The van der Waals surface area contributed by atoms with Crippen molar-refractivity contribution in [3.8, 4) is 0 Å². The predicted octanol–water partition coefficient (Wildman–Crippen LogP) is 2.50. The molecule has 0 bridgehead atoms. The first-order valence-corrected chi connectivity index (χ1v) is 7.00. The first-order chi connectivity index (χ1) is 9.47. The number of aryl methyl sites for hydroxylation is 1. The topological polar surface area (TPSA) is 88.0 Å². The third-order valence-corrected chi connectivity index (χ3v) is 3.82. The number of nitrogens with one attached hydrogen (secondary N) is 2. The lowest BCUT2D eigenvalue weighted by molar-refractivity contribution is -0.385. The third kappa shape index (κ3) is 3.31. The van der Waals surface area contributed by atoms with Gasteiger partial charge < -0.3 is 10.3 Å². The Morgan fingerprint density at radius 1 is 1.50 bits per heavy atom. The lowest BCUT2D eigenvalue weighted by Gasteiger charge is -2.13.